The molecule has 0 saturated carbocycles. The quantitative estimate of drug-likeness (QED) is 0.674. The van der Waals surface area contributed by atoms with Crippen LogP contribution in [0.5, 0.6) is 11.5 Å². The van der Waals surface area contributed by atoms with Crippen molar-refractivity contribution < 1.29 is 9.47 Å². The van der Waals surface area contributed by atoms with E-state index >= 15 is 0 Å². The molecule has 2 nitrogen and oxygen atoms in total. The standard InChI is InChI=1S/C15H16O2/c1-9-4-6-12-11(3)13-7-5-10(2)17-15(13)8-14(12)16-9/h4-5,8H,6-7H2,1-3H3. The molecule has 2 heterocycles. The first-order valence-corrected chi connectivity index (χ1v) is 5.99. The van der Waals surface area contributed by atoms with Crippen molar-refractivity contribution in [1.29, 1.82) is 0 Å². The van der Waals surface area contributed by atoms with Crippen molar-refractivity contribution in [2.45, 2.75) is 33.6 Å². The first-order valence-electron chi connectivity index (χ1n) is 5.99. The fourth-order valence-corrected chi connectivity index (χ4v) is 2.46. The summed E-state index contributed by atoms with van der Waals surface area (Å²) in [5.74, 6) is 3.85. The number of ether oxygens (including phenoxy) is 2. The van der Waals surface area contributed by atoms with E-state index in [2.05, 4.69) is 19.1 Å². The highest BCUT2D eigenvalue weighted by Gasteiger charge is 2.21. The highest BCUT2D eigenvalue weighted by molar-refractivity contribution is 5.56. The van der Waals surface area contributed by atoms with E-state index in [-0.39, 0.29) is 0 Å². The van der Waals surface area contributed by atoms with Crippen LogP contribution in [0.25, 0.3) is 0 Å². The molecule has 0 radical (unpaired) electrons. The maximum absolute atomic E-state index is 5.78. The van der Waals surface area contributed by atoms with Crippen LogP contribution in [-0.2, 0) is 12.8 Å². The third-order valence-electron chi connectivity index (χ3n) is 3.49. The number of benzene rings is 1. The highest BCUT2D eigenvalue weighted by Crippen LogP contribution is 2.39. The van der Waals surface area contributed by atoms with Gasteiger partial charge in [0.25, 0.3) is 0 Å². The lowest BCUT2D eigenvalue weighted by atomic mass is 9.93. The molecule has 2 aliphatic rings. The predicted octanol–water partition coefficient (Wildman–Crippen LogP) is 3.67. The molecule has 1 aromatic rings. The minimum atomic E-state index is 0.955. The Morgan fingerprint density at radius 3 is 1.76 bits per heavy atom. The molecule has 3 rings (SSSR count). The average Bonchev–Trinajstić information content (AvgIpc) is 2.28. The van der Waals surface area contributed by atoms with Crippen molar-refractivity contribution in [3.63, 3.8) is 0 Å². The summed E-state index contributed by atoms with van der Waals surface area (Å²) in [6, 6.07) is 2.03. The van der Waals surface area contributed by atoms with Crippen LogP contribution in [-0.4, -0.2) is 0 Å². The van der Waals surface area contributed by atoms with Crippen LogP contribution < -0.4 is 9.47 Å². The average molecular weight is 228 g/mol. The van der Waals surface area contributed by atoms with E-state index in [1.54, 1.807) is 0 Å². The summed E-state index contributed by atoms with van der Waals surface area (Å²) in [5, 5.41) is 0. The molecule has 0 spiro atoms. The summed E-state index contributed by atoms with van der Waals surface area (Å²) in [6.07, 6.45) is 6.19. The van der Waals surface area contributed by atoms with Gasteiger partial charge in [-0.2, -0.15) is 0 Å². The Morgan fingerprint density at radius 2 is 1.29 bits per heavy atom. The lowest BCUT2D eigenvalue weighted by Gasteiger charge is -2.24. The molecule has 0 bridgehead atoms. The normalized spacial score (nSPS) is 17.1. The van der Waals surface area contributed by atoms with Crippen LogP contribution in [0, 0.1) is 6.92 Å². The molecule has 1 aromatic carbocycles. The second-order valence-corrected chi connectivity index (χ2v) is 4.70. The van der Waals surface area contributed by atoms with Gasteiger partial charge in [0.1, 0.15) is 11.5 Å². The van der Waals surface area contributed by atoms with Gasteiger partial charge < -0.3 is 9.47 Å². The molecule has 0 saturated heterocycles. The minimum absolute atomic E-state index is 0.955. The fourth-order valence-electron chi connectivity index (χ4n) is 2.46. The van der Waals surface area contributed by atoms with Gasteiger partial charge in [0, 0.05) is 17.2 Å². The van der Waals surface area contributed by atoms with Gasteiger partial charge in [-0.05, 0) is 51.3 Å². The SMILES string of the molecule is CC1=CCc2c(cc3c(c2C)CC=C(C)O3)O1. The van der Waals surface area contributed by atoms with E-state index in [0.29, 0.717) is 0 Å². The summed E-state index contributed by atoms with van der Waals surface area (Å²) >= 11 is 0. The van der Waals surface area contributed by atoms with Gasteiger partial charge in [-0.15, -0.1) is 0 Å². The van der Waals surface area contributed by atoms with Crippen LogP contribution in [0.15, 0.2) is 29.7 Å². The number of allylic oxidation sites excluding steroid dienone is 4. The summed E-state index contributed by atoms with van der Waals surface area (Å²) in [6.45, 7) is 6.14. The number of rotatable bonds is 0. The zero-order chi connectivity index (χ0) is 12.0. The molecule has 0 atom stereocenters. The Hall–Kier alpha value is -1.70. The highest BCUT2D eigenvalue weighted by atomic mass is 16.5. The lowest BCUT2D eigenvalue weighted by Crippen LogP contribution is -2.10. The number of fused-ring (bicyclic) bond motifs is 2. The second kappa shape index (κ2) is 3.66. The fraction of sp³-hybridized carbons (Fsp3) is 0.333. The monoisotopic (exact) mass is 228 g/mol. The molecule has 0 N–H and O–H groups in total. The maximum atomic E-state index is 5.78. The zero-order valence-corrected chi connectivity index (χ0v) is 10.5. The van der Waals surface area contributed by atoms with Crippen molar-refractivity contribution in [2.75, 3.05) is 0 Å². The Labute approximate surface area is 102 Å². The maximum Gasteiger partial charge on any atom is 0.134 e. The molecule has 2 heteroatoms. The van der Waals surface area contributed by atoms with Crippen molar-refractivity contribution >= 4 is 0 Å². The van der Waals surface area contributed by atoms with E-state index in [1.165, 1.54) is 16.7 Å². The van der Waals surface area contributed by atoms with Crippen molar-refractivity contribution in [3.05, 3.63) is 46.4 Å². The summed E-state index contributed by atoms with van der Waals surface area (Å²) in [7, 11) is 0. The van der Waals surface area contributed by atoms with Gasteiger partial charge in [-0.1, -0.05) is 0 Å². The van der Waals surface area contributed by atoms with Gasteiger partial charge >= 0.3 is 0 Å². The molecule has 0 unspecified atom stereocenters. The Balaban J connectivity index is 2.13. The largest absolute Gasteiger partial charge is 0.462 e. The van der Waals surface area contributed by atoms with Crippen molar-refractivity contribution in [2.24, 2.45) is 0 Å². The molecule has 0 aromatic heterocycles. The smallest absolute Gasteiger partial charge is 0.134 e. The third-order valence-corrected chi connectivity index (χ3v) is 3.49. The Bertz CT molecular complexity index is 504. The van der Waals surface area contributed by atoms with E-state index < -0.39 is 0 Å². The first-order chi connectivity index (χ1) is 8.15. The Morgan fingerprint density at radius 1 is 0.824 bits per heavy atom. The van der Waals surface area contributed by atoms with Crippen LogP contribution in [0.1, 0.15) is 30.5 Å². The molecule has 2 aliphatic heterocycles. The van der Waals surface area contributed by atoms with Crippen molar-refractivity contribution in [3.8, 4) is 11.5 Å². The van der Waals surface area contributed by atoms with E-state index in [4.69, 9.17) is 9.47 Å². The summed E-state index contributed by atoms with van der Waals surface area (Å²) in [5.41, 5.74) is 3.90. The van der Waals surface area contributed by atoms with E-state index in [9.17, 15) is 0 Å². The molecule has 0 aliphatic carbocycles. The molecule has 17 heavy (non-hydrogen) atoms. The van der Waals surface area contributed by atoms with Gasteiger partial charge in [-0.3, -0.25) is 0 Å². The number of hydrogen-bond acceptors (Lipinski definition) is 2. The molecule has 0 amide bonds. The Kier molecular flexibility index (Phi) is 2.25. The van der Waals surface area contributed by atoms with Gasteiger partial charge in [0.05, 0.1) is 11.5 Å². The zero-order valence-electron chi connectivity index (χ0n) is 10.5. The summed E-state index contributed by atoms with van der Waals surface area (Å²) < 4.78 is 11.6. The van der Waals surface area contributed by atoms with Crippen molar-refractivity contribution in [1.82, 2.24) is 0 Å². The predicted molar refractivity (Wildman–Crippen MR) is 67.4 cm³/mol. The lowest BCUT2D eigenvalue weighted by molar-refractivity contribution is 0.389. The van der Waals surface area contributed by atoms with Crippen LogP contribution in [0.4, 0.5) is 0 Å². The topological polar surface area (TPSA) is 18.5 Å². The second-order valence-electron chi connectivity index (χ2n) is 4.70. The van der Waals surface area contributed by atoms with E-state index in [1.807, 2.05) is 19.9 Å². The number of hydrogen-bond donors (Lipinski definition) is 0. The molecular weight excluding hydrogens is 212 g/mol. The van der Waals surface area contributed by atoms with Gasteiger partial charge in [-0.25, -0.2) is 0 Å². The molecule has 0 fully saturated rings. The minimum Gasteiger partial charge on any atom is -0.462 e. The van der Waals surface area contributed by atoms with Crippen LogP contribution >= 0.6 is 0 Å². The molecular formula is C15H16O2. The first kappa shape index (κ1) is 10.5. The van der Waals surface area contributed by atoms with E-state index in [0.717, 1.165) is 35.9 Å². The van der Waals surface area contributed by atoms with Gasteiger partial charge in [0.15, 0.2) is 0 Å². The van der Waals surface area contributed by atoms with Gasteiger partial charge in [0.2, 0.25) is 0 Å². The third kappa shape index (κ3) is 1.64. The van der Waals surface area contributed by atoms with Crippen LogP contribution in [0.3, 0.4) is 0 Å². The molecule has 88 valence electrons. The summed E-state index contributed by atoms with van der Waals surface area (Å²) in [4.78, 5) is 0. The van der Waals surface area contributed by atoms with Crippen LogP contribution in [0.2, 0.25) is 0 Å².